The number of aromatic nitrogens is 2. The maximum Gasteiger partial charge on any atom is 0.281 e. The quantitative estimate of drug-likeness (QED) is 0.511. The van der Waals surface area contributed by atoms with E-state index in [0.29, 0.717) is 17.7 Å². The number of nitrogen functional groups attached to an aromatic ring is 1. The molecule has 0 bridgehead atoms. The Balaban J connectivity index is 1.84. The molecule has 9 heteroatoms. The molecule has 1 amide bonds. The Morgan fingerprint density at radius 3 is 2.42 bits per heavy atom. The van der Waals surface area contributed by atoms with Gasteiger partial charge in [-0.1, -0.05) is 58.8 Å². The number of carbonyl (C=O) groups is 1. The van der Waals surface area contributed by atoms with E-state index in [0.717, 1.165) is 37.1 Å². The first-order chi connectivity index (χ1) is 17.7. The maximum absolute atomic E-state index is 13.7. The Hall–Kier alpha value is -2.94. The van der Waals surface area contributed by atoms with Crippen LogP contribution in [-0.2, 0) is 15.4 Å². The van der Waals surface area contributed by atoms with E-state index in [1.165, 1.54) is 31.0 Å². The average molecular weight is 540 g/mol. The fourth-order valence-corrected chi connectivity index (χ4v) is 6.37. The number of hydrogen-bond acceptors (Lipinski definition) is 7. The molecule has 0 radical (unpaired) electrons. The number of amides is 1. The minimum absolute atomic E-state index is 0.0596. The zero-order valence-corrected chi connectivity index (χ0v) is 24.2. The Bertz CT molecular complexity index is 1340. The molecule has 1 saturated heterocycles. The predicted octanol–water partition coefficient (Wildman–Crippen LogP) is 5.30. The number of anilines is 2. The third kappa shape index (κ3) is 5.72. The van der Waals surface area contributed by atoms with E-state index in [9.17, 15) is 13.2 Å². The second kappa shape index (κ2) is 10.3. The van der Waals surface area contributed by atoms with Gasteiger partial charge in [0, 0.05) is 17.5 Å². The van der Waals surface area contributed by atoms with Crippen molar-refractivity contribution in [3.63, 3.8) is 0 Å². The Morgan fingerprint density at radius 2 is 1.84 bits per heavy atom. The second-order valence-electron chi connectivity index (χ2n) is 12.3. The van der Waals surface area contributed by atoms with Crippen molar-refractivity contribution in [1.82, 2.24) is 14.7 Å². The van der Waals surface area contributed by atoms with Gasteiger partial charge in [0.1, 0.15) is 11.6 Å². The van der Waals surface area contributed by atoms with E-state index in [1.807, 2.05) is 6.07 Å². The lowest BCUT2D eigenvalue weighted by molar-refractivity contribution is 0.0981. The standard InChI is InChI=1S/C29H41N5O3S/c1-19-16-17-34(29(19,5)6)26-22(27(35)33-38(36,37)24-13-9-12-23(30)31-24)18-21(25(32-26)28(2,3)4)15-14-20-10-7-8-11-20/h9,12-15,18-20H,7-8,10-11,16-17H2,1-6H3,(H2,30,31)(H,33,35)/b15-14+. The van der Waals surface area contributed by atoms with Crippen molar-refractivity contribution in [1.29, 1.82) is 0 Å². The lowest BCUT2D eigenvalue weighted by atomic mass is 9.86. The number of nitrogens with zero attached hydrogens (tertiary/aromatic N) is 3. The third-order valence-electron chi connectivity index (χ3n) is 8.13. The summed E-state index contributed by atoms with van der Waals surface area (Å²) >= 11 is 0. The van der Waals surface area contributed by atoms with Gasteiger partial charge in [-0.15, -0.1) is 0 Å². The van der Waals surface area contributed by atoms with Crippen molar-refractivity contribution in [3.8, 4) is 0 Å². The van der Waals surface area contributed by atoms with Crippen LogP contribution in [0.25, 0.3) is 6.08 Å². The van der Waals surface area contributed by atoms with E-state index in [2.05, 4.69) is 68.3 Å². The summed E-state index contributed by atoms with van der Waals surface area (Å²) in [4.78, 5) is 24.9. The first-order valence-corrected chi connectivity index (χ1v) is 15.0. The molecule has 1 unspecified atom stereocenters. The van der Waals surface area contributed by atoms with Crippen LogP contribution in [0, 0.1) is 11.8 Å². The normalized spacial score (nSPS) is 20.4. The average Bonchev–Trinajstić information content (AvgIpc) is 3.44. The summed E-state index contributed by atoms with van der Waals surface area (Å²) in [5.74, 6) is 0.719. The van der Waals surface area contributed by atoms with Crippen LogP contribution < -0.4 is 15.4 Å². The van der Waals surface area contributed by atoms with Crippen LogP contribution in [0.5, 0.6) is 0 Å². The number of rotatable bonds is 6. The summed E-state index contributed by atoms with van der Waals surface area (Å²) in [7, 11) is -4.24. The van der Waals surface area contributed by atoms with Gasteiger partial charge < -0.3 is 10.6 Å². The van der Waals surface area contributed by atoms with Crippen LogP contribution >= 0.6 is 0 Å². The SMILES string of the molecule is CC1CCN(c2nc(C(C)(C)C)c(/C=C/C3CCCC3)cc2C(=O)NS(=O)(=O)c2cccc(N)n2)C1(C)C. The highest BCUT2D eigenvalue weighted by Crippen LogP contribution is 2.40. The van der Waals surface area contributed by atoms with Crippen molar-refractivity contribution < 1.29 is 13.2 Å². The van der Waals surface area contributed by atoms with Crippen molar-refractivity contribution in [2.45, 2.75) is 89.6 Å². The van der Waals surface area contributed by atoms with Crippen molar-refractivity contribution in [3.05, 3.63) is 47.2 Å². The van der Waals surface area contributed by atoms with Crippen molar-refractivity contribution >= 4 is 33.6 Å². The summed E-state index contributed by atoms with van der Waals surface area (Å²) in [5, 5.41) is -0.303. The fraction of sp³-hybridized carbons (Fsp3) is 0.552. The van der Waals surface area contributed by atoms with Gasteiger partial charge in [-0.05, 0) is 68.7 Å². The molecule has 1 aliphatic heterocycles. The van der Waals surface area contributed by atoms with E-state index in [4.69, 9.17) is 10.7 Å². The Morgan fingerprint density at radius 1 is 1.16 bits per heavy atom. The smallest absolute Gasteiger partial charge is 0.281 e. The van der Waals surface area contributed by atoms with Crippen molar-refractivity contribution in [2.24, 2.45) is 11.8 Å². The van der Waals surface area contributed by atoms with Crippen LogP contribution in [0.15, 0.2) is 35.4 Å². The van der Waals surface area contributed by atoms with Crippen LogP contribution in [0.1, 0.15) is 95.3 Å². The van der Waals surface area contributed by atoms with E-state index in [1.54, 1.807) is 0 Å². The van der Waals surface area contributed by atoms with E-state index >= 15 is 0 Å². The first kappa shape index (κ1) is 28.1. The maximum atomic E-state index is 13.7. The molecular weight excluding hydrogens is 498 g/mol. The van der Waals surface area contributed by atoms with Gasteiger partial charge in [0.25, 0.3) is 15.9 Å². The zero-order chi connectivity index (χ0) is 27.9. The number of carbonyl (C=O) groups excluding carboxylic acids is 1. The summed E-state index contributed by atoms with van der Waals surface area (Å²) < 4.78 is 28.4. The summed E-state index contributed by atoms with van der Waals surface area (Å²) in [6, 6.07) is 6.11. The molecular formula is C29H41N5O3S. The molecule has 0 aromatic carbocycles. The summed E-state index contributed by atoms with van der Waals surface area (Å²) in [5.41, 5.74) is 7.11. The molecule has 2 aliphatic rings. The highest BCUT2D eigenvalue weighted by atomic mass is 32.2. The molecule has 3 heterocycles. The van der Waals surface area contributed by atoms with E-state index < -0.39 is 15.9 Å². The Kier molecular flexibility index (Phi) is 7.63. The molecule has 8 nitrogen and oxygen atoms in total. The van der Waals surface area contributed by atoms with Gasteiger partial charge >= 0.3 is 0 Å². The van der Waals surface area contributed by atoms with Crippen LogP contribution in [0.2, 0.25) is 0 Å². The van der Waals surface area contributed by atoms with E-state index in [-0.39, 0.29) is 27.4 Å². The lowest BCUT2D eigenvalue weighted by Gasteiger charge is -2.37. The zero-order valence-electron chi connectivity index (χ0n) is 23.4. The minimum Gasteiger partial charge on any atom is -0.384 e. The van der Waals surface area contributed by atoms with Gasteiger partial charge in [-0.25, -0.2) is 14.7 Å². The largest absolute Gasteiger partial charge is 0.384 e. The number of nitrogens with two attached hydrogens (primary N) is 1. The molecule has 1 saturated carbocycles. The minimum atomic E-state index is -4.24. The highest BCUT2D eigenvalue weighted by Gasteiger charge is 2.41. The summed E-state index contributed by atoms with van der Waals surface area (Å²) in [6.45, 7) is 13.5. The van der Waals surface area contributed by atoms with Gasteiger partial charge in [0.15, 0.2) is 5.03 Å². The second-order valence-corrected chi connectivity index (χ2v) is 13.9. The van der Waals surface area contributed by atoms with Gasteiger partial charge in [0.2, 0.25) is 0 Å². The van der Waals surface area contributed by atoms with Crippen molar-refractivity contribution in [2.75, 3.05) is 17.2 Å². The monoisotopic (exact) mass is 539 g/mol. The summed E-state index contributed by atoms with van der Waals surface area (Å²) in [6.07, 6.45) is 10.0. The van der Waals surface area contributed by atoms with Crippen LogP contribution in [0.3, 0.4) is 0 Å². The number of nitrogens with one attached hydrogen (secondary N) is 1. The predicted molar refractivity (Wildman–Crippen MR) is 152 cm³/mol. The van der Waals surface area contributed by atoms with Crippen LogP contribution in [0.4, 0.5) is 11.6 Å². The molecule has 38 heavy (non-hydrogen) atoms. The molecule has 1 aliphatic carbocycles. The van der Waals surface area contributed by atoms with Gasteiger partial charge in [0.05, 0.1) is 11.3 Å². The molecule has 206 valence electrons. The first-order valence-electron chi connectivity index (χ1n) is 13.5. The third-order valence-corrected chi connectivity index (χ3v) is 9.36. The Labute approximate surface area is 227 Å². The molecule has 2 aromatic rings. The molecule has 1 atom stereocenters. The molecule has 0 spiro atoms. The van der Waals surface area contributed by atoms with Gasteiger partial charge in [-0.3, -0.25) is 4.79 Å². The highest BCUT2D eigenvalue weighted by molar-refractivity contribution is 7.90. The number of pyridine rings is 2. The molecule has 2 fully saturated rings. The van der Waals surface area contributed by atoms with Gasteiger partial charge in [-0.2, -0.15) is 8.42 Å². The number of sulfonamides is 1. The number of hydrogen-bond donors (Lipinski definition) is 2. The number of allylic oxidation sites excluding steroid dienone is 1. The van der Waals surface area contributed by atoms with Crippen LogP contribution in [-0.4, -0.2) is 36.4 Å². The molecule has 2 aromatic heterocycles. The molecule has 4 rings (SSSR count). The fourth-order valence-electron chi connectivity index (χ4n) is 5.43. The topological polar surface area (TPSA) is 118 Å². The molecule has 3 N–H and O–H groups in total. The lowest BCUT2D eigenvalue weighted by Crippen LogP contribution is -2.44.